The summed E-state index contributed by atoms with van der Waals surface area (Å²) in [6.45, 7) is 11.6. The fraction of sp³-hybridized carbons (Fsp3) is 0.516. The number of nitrogens with one attached hydrogen (secondary N) is 2. The molecule has 1 aliphatic carbocycles. The number of nitrogens with zero attached hydrogens (tertiary/aromatic N) is 1. The van der Waals surface area contributed by atoms with Gasteiger partial charge in [-0.15, -0.1) is 0 Å². The van der Waals surface area contributed by atoms with E-state index in [4.69, 9.17) is 4.74 Å². The van der Waals surface area contributed by atoms with E-state index < -0.39 is 23.8 Å². The van der Waals surface area contributed by atoms with E-state index in [9.17, 15) is 14.4 Å². The maximum atomic E-state index is 14.3. The van der Waals surface area contributed by atoms with Gasteiger partial charge in [-0.3, -0.25) is 9.59 Å². The molecule has 7 nitrogen and oxygen atoms in total. The summed E-state index contributed by atoms with van der Waals surface area (Å²) in [5, 5.41) is 5.90. The summed E-state index contributed by atoms with van der Waals surface area (Å²) in [5.41, 5.74) is 2.06. The molecule has 0 radical (unpaired) electrons. The monoisotopic (exact) mass is 521 g/mol. The van der Waals surface area contributed by atoms with Gasteiger partial charge in [0.1, 0.15) is 17.7 Å². The van der Waals surface area contributed by atoms with Crippen molar-refractivity contribution in [1.29, 1.82) is 0 Å². The first kappa shape index (κ1) is 29.2. The molecule has 0 saturated heterocycles. The van der Waals surface area contributed by atoms with Crippen LogP contribution in [0.2, 0.25) is 0 Å². The predicted molar refractivity (Wildman–Crippen MR) is 149 cm³/mol. The largest absolute Gasteiger partial charge is 0.444 e. The smallest absolute Gasteiger partial charge is 0.408 e. The highest BCUT2D eigenvalue weighted by molar-refractivity contribution is 5.92. The van der Waals surface area contributed by atoms with E-state index in [2.05, 4.69) is 10.6 Å². The van der Waals surface area contributed by atoms with Crippen LogP contribution in [0.5, 0.6) is 0 Å². The Kier molecular flexibility index (Phi) is 9.95. The number of hydrogen-bond acceptors (Lipinski definition) is 4. The third-order valence-electron chi connectivity index (χ3n) is 7.07. The Labute approximate surface area is 227 Å². The lowest BCUT2D eigenvalue weighted by molar-refractivity contribution is -0.148. The summed E-state index contributed by atoms with van der Waals surface area (Å²) in [6, 6.07) is 15.8. The second-order valence-corrected chi connectivity index (χ2v) is 11.4. The van der Waals surface area contributed by atoms with Crippen molar-refractivity contribution in [1.82, 2.24) is 15.5 Å². The molecule has 3 atom stereocenters. The molecule has 0 heterocycles. The molecular formula is C31H43N3O4. The highest BCUT2D eigenvalue weighted by atomic mass is 16.6. The Hall–Kier alpha value is -3.35. The predicted octanol–water partition coefficient (Wildman–Crippen LogP) is 5.67. The topological polar surface area (TPSA) is 87.7 Å². The van der Waals surface area contributed by atoms with Gasteiger partial charge in [0, 0.05) is 12.6 Å². The minimum Gasteiger partial charge on any atom is -0.444 e. The van der Waals surface area contributed by atoms with Crippen molar-refractivity contribution in [2.45, 2.75) is 97.5 Å². The molecule has 2 aromatic carbocycles. The van der Waals surface area contributed by atoms with Crippen LogP contribution < -0.4 is 10.6 Å². The van der Waals surface area contributed by atoms with Crippen LogP contribution in [0.3, 0.4) is 0 Å². The number of aryl methyl sites for hydroxylation is 1. The van der Waals surface area contributed by atoms with Crippen LogP contribution in [0.4, 0.5) is 4.79 Å². The first-order valence-corrected chi connectivity index (χ1v) is 13.7. The van der Waals surface area contributed by atoms with Crippen LogP contribution in [0.25, 0.3) is 0 Å². The fourth-order valence-corrected chi connectivity index (χ4v) is 4.62. The minimum absolute atomic E-state index is 0.0810. The van der Waals surface area contributed by atoms with Gasteiger partial charge in [-0.2, -0.15) is 0 Å². The van der Waals surface area contributed by atoms with Gasteiger partial charge in [-0.1, -0.05) is 80.4 Å². The van der Waals surface area contributed by atoms with Crippen molar-refractivity contribution in [3.05, 3.63) is 71.3 Å². The highest BCUT2D eigenvalue weighted by Crippen LogP contribution is 2.35. The normalized spacial score (nSPS) is 15.9. The van der Waals surface area contributed by atoms with E-state index in [0.717, 1.165) is 36.0 Å². The zero-order valence-corrected chi connectivity index (χ0v) is 23.6. The van der Waals surface area contributed by atoms with E-state index in [-0.39, 0.29) is 23.8 Å². The number of ether oxygens (including phenoxy) is 1. The molecule has 38 heavy (non-hydrogen) atoms. The second kappa shape index (κ2) is 12.9. The second-order valence-electron chi connectivity index (χ2n) is 11.4. The van der Waals surface area contributed by atoms with E-state index >= 15 is 0 Å². The molecule has 206 valence electrons. The molecule has 0 bridgehead atoms. The zero-order valence-electron chi connectivity index (χ0n) is 23.6. The number of alkyl carbamates (subject to hydrolysis) is 1. The Morgan fingerprint density at radius 2 is 1.74 bits per heavy atom. The van der Waals surface area contributed by atoms with Crippen molar-refractivity contribution < 1.29 is 19.1 Å². The van der Waals surface area contributed by atoms with Gasteiger partial charge in [-0.05, 0) is 64.0 Å². The van der Waals surface area contributed by atoms with Crippen LogP contribution in [0.15, 0.2) is 54.6 Å². The number of carbonyl (C=O) groups excluding carboxylic acids is 3. The fourth-order valence-electron chi connectivity index (χ4n) is 4.62. The van der Waals surface area contributed by atoms with E-state index in [1.54, 1.807) is 25.7 Å². The molecule has 1 aliphatic rings. The lowest BCUT2D eigenvalue weighted by atomic mass is 9.86. The molecule has 2 N–H and O–H groups in total. The van der Waals surface area contributed by atoms with Crippen LogP contribution in [-0.2, 0) is 20.9 Å². The first-order valence-electron chi connectivity index (χ1n) is 13.7. The van der Waals surface area contributed by atoms with Gasteiger partial charge in [0.05, 0.1) is 0 Å². The molecule has 3 amide bonds. The molecular weight excluding hydrogens is 478 g/mol. The lowest BCUT2D eigenvalue weighted by Crippen LogP contribution is -2.59. The van der Waals surface area contributed by atoms with Crippen molar-refractivity contribution in [3.63, 3.8) is 0 Å². The summed E-state index contributed by atoms with van der Waals surface area (Å²) in [5.74, 6) is -0.640. The third-order valence-corrected chi connectivity index (χ3v) is 7.07. The van der Waals surface area contributed by atoms with Crippen molar-refractivity contribution in [2.75, 3.05) is 0 Å². The quantitative estimate of drug-likeness (QED) is 0.422. The molecule has 0 aliphatic heterocycles. The van der Waals surface area contributed by atoms with Crippen LogP contribution >= 0.6 is 0 Å². The summed E-state index contributed by atoms with van der Waals surface area (Å²) in [6.07, 6.45) is 2.68. The SMILES string of the molecule is CCC(C)C(NC(=O)OC(C)(C)C)C(=O)N(C1CCC1)C(C(=O)NCc1ccccc1)c1cccc(C)c1. The summed E-state index contributed by atoms with van der Waals surface area (Å²) < 4.78 is 5.49. The Balaban J connectivity index is 1.98. The van der Waals surface area contributed by atoms with E-state index in [1.165, 1.54) is 0 Å². The van der Waals surface area contributed by atoms with Crippen molar-refractivity contribution >= 4 is 17.9 Å². The maximum absolute atomic E-state index is 14.3. The van der Waals surface area contributed by atoms with Crippen molar-refractivity contribution in [3.8, 4) is 0 Å². The molecule has 2 aromatic rings. The zero-order chi connectivity index (χ0) is 27.9. The number of carbonyl (C=O) groups is 3. The van der Waals surface area contributed by atoms with Gasteiger partial charge < -0.3 is 20.3 Å². The average molecular weight is 522 g/mol. The lowest BCUT2D eigenvalue weighted by Gasteiger charge is -2.44. The van der Waals surface area contributed by atoms with Gasteiger partial charge in [0.15, 0.2) is 0 Å². The Morgan fingerprint density at radius 1 is 1.05 bits per heavy atom. The highest BCUT2D eigenvalue weighted by Gasteiger charge is 2.43. The third kappa shape index (κ3) is 7.83. The Bertz CT molecular complexity index is 1090. The van der Waals surface area contributed by atoms with Crippen molar-refractivity contribution in [2.24, 2.45) is 5.92 Å². The van der Waals surface area contributed by atoms with Gasteiger partial charge in [0.25, 0.3) is 0 Å². The van der Waals surface area contributed by atoms with Crippen LogP contribution in [0.1, 0.15) is 83.0 Å². The summed E-state index contributed by atoms with van der Waals surface area (Å²) in [7, 11) is 0. The number of hydrogen-bond donors (Lipinski definition) is 2. The average Bonchev–Trinajstić information content (AvgIpc) is 2.83. The number of rotatable bonds is 10. The first-order chi connectivity index (χ1) is 18.0. The summed E-state index contributed by atoms with van der Waals surface area (Å²) >= 11 is 0. The van der Waals surface area contributed by atoms with Gasteiger partial charge in [0.2, 0.25) is 11.8 Å². The molecule has 1 fully saturated rings. The van der Waals surface area contributed by atoms with Crippen LogP contribution in [0, 0.1) is 12.8 Å². The standard InChI is InChI=1S/C31H43N3O4/c1-7-22(3)26(33-30(37)38-31(4,5)6)29(36)34(25-17-12-18-25)27(24-16-11-13-21(2)19-24)28(35)32-20-23-14-9-8-10-15-23/h8-11,13-16,19,22,25-27H,7,12,17-18,20H2,1-6H3,(H,32,35)(H,33,37). The number of benzene rings is 2. The molecule has 0 aromatic heterocycles. The molecule has 1 saturated carbocycles. The molecule has 3 rings (SSSR count). The van der Waals surface area contributed by atoms with Gasteiger partial charge in [-0.25, -0.2) is 4.79 Å². The van der Waals surface area contributed by atoms with E-state index in [1.807, 2.05) is 75.4 Å². The van der Waals surface area contributed by atoms with E-state index in [0.29, 0.717) is 13.0 Å². The Morgan fingerprint density at radius 3 is 2.29 bits per heavy atom. The molecule has 0 spiro atoms. The van der Waals surface area contributed by atoms with Gasteiger partial charge >= 0.3 is 6.09 Å². The summed E-state index contributed by atoms with van der Waals surface area (Å²) in [4.78, 5) is 42.7. The van der Waals surface area contributed by atoms with Crippen LogP contribution in [-0.4, -0.2) is 40.5 Å². The molecule has 7 heteroatoms. The minimum atomic E-state index is -0.816. The maximum Gasteiger partial charge on any atom is 0.408 e. The molecule has 3 unspecified atom stereocenters. The number of amides is 3.